The van der Waals surface area contributed by atoms with Crippen molar-refractivity contribution in [3.05, 3.63) is 40.5 Å². The molecule has 1 N–H and O–H groups in total. The van der Waals surface area contributed by atoms with Crippen LogP contribution >= 0.6 is 0 Å². The average molecular weight is 240 g/mol. The number of nitrogens with zero attached hydrogens (tertiary/aromatic N) is 4. The van der Waals surface area contributed by atoms with Gasteiger partial charge >= 0.3 is 11.5 Å². The summed E-state index contributed by atoms with van der Waals surface area (Å²) < 4.78 is 0. The molecule has 0 heterocycles. The molecular formula is C3H4N4O9. The van der Waals surface area contributed by atoms with Crippen LogP contribution in [-0.4, -0.2) is 36.3 Å². The quantitative estimate of drug-likeness (QED) is 0.336. The smallest absolute Gasteiger partial charge is 0.312 e. The van der Waals surface area contributed by atoms with Gasteiger partial charge in [-0.05, 0) is 0 Å². The third-order valence-electron chi connectivity index (χ3n) is 1.75. The molecule has 0 saturated heterocycles. The molecule has 0 radical (unpaired) electrons. The standard InChI is InChI=1S/C3H4N4O9/c1-2(8,4(9)10)3(5(11)12,6(13)14)7(15)16/h8H,1H3. The Morgan fingerprint density at radius 1 is 0.812 bits per heavy atom. The molecule has 0 aliphatic heterocycles. The van der Waals surface area contributed by atoms with E-state index in [4.69, 9.17) is 5.11 Å². The van der Waals surface area contributed by atoms with Crippen LogP contribution in [0.1, 0.15) is 6.92 Å². The van der Waals surface area contributed by atoms with Gasteiger partial charge < -0.3 is 5.11 Å². The first-order valence-electron chi connectivity index (χ1n) is 3.33. The Labute approximate surface area is 84.9 Å². The molecule has 90 valence electrons. The highest BCUT2D eigenvalue weighted by Gasteiger charge is 2.91. The summed E-state index contributed by atoms with van der Waals surface area (Å²) >= 11 is 0. The molecular weight excluding hydrogens is 236 g/mol. The summed E-state index contributed by atoms with van der Waals surface area (Å²) in [6, 6.07) is 0. The maximum atomic E-state index is 10.3. The molecule has 0 fully saturated rings. The van der Waals surface area contributed by atoms with Crippen LogP contribution in [0.4, 0.5) is 0 Å². The molecule has 1 unspecified atom stereocenters. The van der Waals surface area contributed by atoms with Gasteiger partial charge in [0.25, 0.3) is 0 Å². The highest BCUT2D eigenvalue weighted by molar-refractivity contribution is 4.70. The van der Waals surface area contributed by atoms with E-state index in [1.165, 1.54) is 0 Å². The molecule has 0 saturated carbocycles. The lowest BCUT2D eigenvalue weighted by Gasteiger charge is -2.15. The molecule has 0 aromatic rings. The van der Waals surface area contributed by atoms with Gasteiger partial charge in [0, 0.05) is 0 Å². The minimum Gasteiger partial charge on any atom is -0.312 e. The first kappa shape index (κ1) is 13.6. The van der Waals surface area contributed by atoms with Gasteiger partial charge in [0.2, 0.25) is 0 Å². The van der Waals surface area contributed by atoms with Gasteiger partial charge in [0.15, 0.2) is 14.8 Å². The molecule has 13 nitrogen and oxygen atoms in total. The lowest BCUT2D eigenvalue weighted by Crippen LogP contribution is -2.70. The van der Waals surface area contributed by atoms with Gasteiger partial charge in [-0.3, -0.25) is 40.5 Å². The van der Waals surface area contributed by atoms with Crippen LogP contribution < -0.4 is 0 Å². The van der Waals surface area contributed by atoms with Crippen molar-refractivity contribution in [3.8, 4) is 0 Å². The van der Waals surface area contributed by atoms with Crippen molar-refractivity contribution in [2.24, 2.45) is 0 Å². The van der Waals surface area contributed by atoms with Crippen LogP contribution in [0.25, 0.3) is 0 Å². The fourth-order valence-corrected chi connectivity index (χ4v) is 0.841. The number of nitro groups is 4. The van der Waals surface area contributed by atoms with Crippen LogP contribution in [0, 0.1) is 40.5 Å². The molecule has 13 heteroatoms. The van der Waals surface area contributed by atoms with E-state index < -0.39 is 31.2 Å². The predicted molar refractivity (Wildman–Crippen MR) is 41.3 cm³/mol. The second kappa shape index (κ2) is 3.61. The molecule has 0 rings (SSSR count). The SMILES string of the molecule is CC(O)([N+](=O)[O-])C([N+](=O)[O-])([N+](=O)[O-])[N+](=O)[O-]. The van der Waals surface area contributed by atoms with Crippen LogP contribution in [0.15, 0.2) is 0 Å². The van der Waals surface area contributed by atoms with Gasteiger partial charge in [-0.1, -0.05) is 0 Å². The van der Waals surface area contributed by atoms with Gasteiger partial charge in [0.05, 0.1) is 11.8 Å². The van der Waals surface area contributed by atoms with E-state index in [1.807, 2.05) is 0 Å². The van der Waals surface area contributed by atoms with Crippen LogP contribution in [0.2, 0.25) is 0 Å². The molecule has 0 amide bonds. The van der Waals surface area contributed by atoms with Crippen molar-refractivity contribution in [2.75, 3.05) is 0 Å². The summed E-state index contributed by atoms with van der Waals surface area (Å²) in [5.74, 6) is -4.56. The Morgan fingerprint density at radius 3 is 1.12 bits per heavy atom. The van der Waals surface area contributed by atoms with Crippen LogP contribution in [-0.2, 0) is 0 Å². The van der Waals surface area contributed by atoms with Crippen molar-refractivity contribution < 1.29 is 24.8 Å². The van der Waals surface area contributed by atoms with Crippen molar-refractivity contribution in [1.29, 1.82) is 0 Å². The summed E-state index contributed by atoms with van der Waals surface area (Å²) in [7, 11) is 0. The molecule has 0 aliphatic carbocycles. The minimum absolute atomic E-state index is 0.00139. The highest BCUT2D eigenvalue weighted by Crippen LogP contribution is 2.27. The lowest BCUT2D eigenvalue weighted by molar-refractivity contribution is -1.02. The van der Waals surface area contributed by atoms with Crippen LogP contribution in [0.3, 0.4) is 0 Å². The van der Waals surface area contributed by atoms with Gasteiger partial charge in [0.1, 0.15) is 0 Å². The Bertz CT molecular complexity index is 337. The Kier molecular flexibility index (Phi) is 3.06. The lowest BCUT2D eigenvalue weighted by atomic mass is 10.1. The van der Waals surface area contributed by atoms with Gasteiger partial charge in [-0.25, -0.2) is 0 Å². The zero-order chi connectivity index (χ0) is 13.3. The maximum absolute atomic E-state index is 10.3. The summed E-state index contributed by atoms with van der Waals surface area (Å²) in [4.78, 5) is 32.9. The van der Waals surface area contributed by atoms with Crippen molar-refractivity contribution in [3.63, 3.8) is 0 Å². The second-order valence-electron chi connectivity index (χ2n) is 2.68. The molecule has 16 heavy (non-hydrogen) atoms. The number of aliphatic hydroxyl groups is 1. The first-order chi connectivity index (χ1) is 7.02. The fraction of sp³-hybridized carbons (Fsp3) is 1.00. The third-order valence-corrected chi connectivity index (χ3v) is 1.75. The van der Waals surface area contributed by atoms with Crippen molar-refractivity contribution in [1.82, 2.24) is 0 Å². The third kappa shape index (κ3) is 1.38. The van der Waals surface area contributed by atoms with E-state index in [9.17, 15) is 40.5 Å². The summed E-state index contributed by atoms with van der Waals surface area (Å²) in [6.45, 7) is 0.00139. The Morgan fingerprint density at radius 2 is 1.06 bits per heavy atom. The van der Waals surface area contributed by atoms with Crippen molar-refractivity contribution in [2.45, 2.75) is 18.4 Å². The van der Waals surface area contributed by atoms with E-state index in [0.29, 0.717) is 0 Å². The Hall–Kier alpha value is -2.44. The fourth-order valence-electron chi connectivity index (χ4n) is 0.841. The van der Waals surface area contributed by atoms with Gasteiger partial charge in [-0.15, -0.1) is 0 Å². The molecule has 0 spiro atoms. The molecule has 0 aromatic carbocycles. The van der Waals surface area contributed by atoms with E-state index >= 15 is 0 Å². The maximum Gasteiger partial charge on any atom is 0.796 e. The second-order valence-corrected chi connectivity index (χ2v) is 2.68. The molecule has 0 aromatic heterocycles. The van der Waals surface area contributed by atoms with E-state index in [0.717, 1.165) is 0 Å². The van der Waals surface area contributed by atoms with E-state index in [1.54, 1.807) is 0 Å². The van der Waals surface area contributed by atoms with E-state index in [-0.39, 0.29) is 6.92 Å². The zero-order valence-electron chi connectivity index (χ0n) is 7.50. The van der Waals surface area contributed by atoms with Gasteiger partial charge in [-0.2, -0.15) is 0 Å². The van der Waals surface area contributed by atoms with Crippen LogP contribution in [0.5, 0.6) is 0 Å². The average Bonchev–Trinajstić information content (AvgIpc) is 2.00. The first-order valence-corrected chi connectivity index (χ1v) is 3.33. The number of rotatable bonds is 5. The number of hydrogen-bond acceptors (Lipinski definition) is 9. The van der Waals surface area contributed by atoms with Crippen molar-refractivity contribution >= 4 is 0 Å². The summed E-state index contributed by atoms with van der Waals surface area (Å²) in [5, 5.41) is 50.2. The van der Waals surface area contributed by atoms with E-state index in [2.05, 4.69) is 0 Å². The topological polar surface area (TPSA) is 193 Å². The minimum atomic E-state index is -4.56. The highest BCUT2D eigenvalue weighted by atomic mass is 16.8. The molecule has 0 aliphatic rings. The molecule has 1 atom stereocenters. The largest absolute Gasteiger partial charge is 0.796 e. The summed E-state index contributed by atoms with van der Waals surface area (Å²) in [5.41, 5.74) is -4.00. The zero-order valence-corrected chi connectivity index (χ0v) is 7.50. The summed E-state index contributed by atoms with van der Waals surface area (Å²) in [6.07, 6.45) is 0. The molecule has 0 bridgehead atoms. The predicted octanol–water partition coefficient (Wildman–Crippen LogP) is -1.54. The number of hydrogen-bond donors (Lipinski definition) is 1. The monoisotopic (exact) mass is 240 g/mol. The normalized spacial score (nSPS) is 14.9. The Balaban J connectivity index is 6.14.